The standard InChI is InChI=1S/C24H20ClF5N4O4/c1-2-17(24(28,29)30)31-23(38)14-9-33(20-15(25)7-11(26)8-16(20)27)22-13(21(14)37)4-5-18(32-22)34-12(10-35)3-6-19(34)36/h4-5,7-9,12,17,35H,2-3,6,10H2,1H3,(H,31,38). The Morgan fingerprint density at radius 1 is 1.26 bits per heavy atom. The Hall–Kier alpha value is -3.58. The molecule has 1 aliphatic heterocycles. The fourth-order valence-electron chi connectivity index (χ4n) is 4.31. The van der Waals surface area contributed by atoms with E-state index in [1.165, 1.54) is 24.0 Å². The summed E-state index contributed by atoms with van der Waals surface area (Å²) in [4.78, 5) is 44.0. The van der Waals surface area contributed by atoms with Gasteiger partial charge in [-0.15, -0.1) is 0 Å². The molecule has 0 aliphatic carbocycles. The largest absolute Gasteiger partial charge is 0.408 e. The highest BCUT2D eigenvalue weighted by Gasteiger charge is 2.40. The molecule has 2 N–H and O–H groups in total. The second-order valence-corrected chi connectivity index (χ2v) is 9.02. The molecule has 8 nitrogen and oxygen atoms in total. The van der Waals surface area contributed by atoms with E-state index in [0.29, 0.717) is 12.5 Å². The molecule has 2 aromatic heterocycles. The van der Waals surface area contributed by atoms with Crippen molar-refractivity contribution in [3.05, 3.63) is 62.9 Å². The molecule has 0 radical (unpaired) electrons. The summed E-state index contributed by atoms with van der Waals surface area (Å²) in [5.74, 6) is -4.01. The maximum absolute atomic E-state index is 15.0. The van der Waals surface area contributed by atoms with E-state index in [1.54, 1.807) is 5.32 Å². The minimum absolute atomic E-state index is 0.00818. The van der Waals surface area contributed by atoms with E-state index >= 15 is 0 Å². The third-order valence-electron chi connectivity index (χ3n) is 6.19. The highest BCUT2D eigenvalue weighted by Crippen LogP contribution is 2.31. The first-order valence-electron chi connectivity index (χ1n) is 11.4. The zero-order chi connectivity index (χ0) is 27.9. The second kappa shape index (κ2) is 10.3. The zero-order valence-electron chi connectivity index (χ0n) is 19.7. The number of nitrogens with one attached hydrogen (secondary N) is 1. The van der Waals surface area contributed by atoms with Crippen molar-refractivity contribution in [2.45, 2.75) is 44.4 Å². The molecule has 0 spiro atoms. The average molecular weight is 559 g/mol. The van der Waals surface area contributed by atoms with Crippen LogP contribution in [0.3, 0.4) is 0 Å². The summed E-state index contributed by atoms with van der Waals surface area (Å²) >= 11 is 6.09. The van der Waals surface area contributed by atoms with Gasteiger partial charge in [-0.05, 0) is 31.0 Å². The van der Waals surface area contributed by atoms with Gasteiger partial charge >= 0.3 is 6.18 Å². The topological polar surface area (TPSA) is 105 Å². The Kier molecular flexibility index (Phi) is 7.44. The lowest BCUT2D eigenvalue weighted by Gasteiger charge is -2.23. The van der Waals surface area contributed by atoms with Gasteiger partial charge < -0.3 is 10.4 Å². The summed E-state index contributed by atoms with van der Waals surface area (Å²) in [6, 6.07) is 0.797. The molecule has 3 aromatic rings. The van der Waals surface area contributed by atoms with E-state index in [0.717, 1.165) is 16.8 Å². The van der Waals surface area contributed by atoms with Crippen LogP contribution in [-0.4, -0.2) is 51.3 Å². The molecule has 2 amide bonds. The molecule has 2 atom stereocenters. The third-order valence-corrected chi connectivity index (χ3v) is 6.48. The maximum atomic E-state index is 15.0. The number of aromatic nitrogens is 2. The Balaban J connectivity index is 1.98. The van der Waals surface area contributed by atoms with E-state index in [9.17, 15) is 41.4 Å². The normalized spacial score (nSPS) is 16.8. The fraction of sp³-hybridized carbons (Fsp3) is 0.333. The molecule has 2 unspecified atom stereocenters. The number of nitrogens with zero attached hydrogens (tertiary/aromatic N) is 3. The molecule has 1 fully saturated rings. The van der Waals surface area contributed by atoms with Crippen molar-refractivity contribution in [3.63, 3.8) is 0 Å². The van der Waals surface area contributed by atoms with Crippen molar-refractivity contribution in [2.24, 2.45) is 0 Å². The van der Waals surface area contributed by atoms with Gasteiger partial charge in [-0.1, -0.05) is 18.5 Å². The molecule has 38 heavy (non-hydrogen) atoms. The lowest BCUT2D eigenvalue weighted by Crippen LogP contribution is -2.46. The van der Waals surface area contributed by atoms with Crippen molar-refractivity contribution >= 4 is 40.3 Å². The highest BCUT2D eigenvalue weighted by molar-refractivity contribution is 6.32. The molecular formula is C24H20ClF5N4O4. The minimum Gasteiger partial charge on any atom is -0.394 e. The Labute approximate surface area is 216 Å². The maximum Gasteiger partial charge on any atom is 0.408 e. The first-order valence-corrected chi connectivity index (χ1v) is 11.8. The number of pyridine rings is 2. The van der Waals surface area contributed by atoms with Gasteiger partial charge in [-0.2, -0.15) is 13.2 Å². The van der Waals surface area contributed by atoms with Gasteiger partial charge in [-0.25, -0.2) is 13.8 Å². The lowest BCUT2D eigenvalue weighted by molar-refractivity contribution is -0.153. The Bertz CT molecular complexity index is 1470. The van der Waals surface area contributed by atoms with Gasteiger partial charge in [-0.3, -0.25) is 23.9 Å². The van der Waals surface area contributed by atoms with Crippen molar-refractivity contribution in [3.8, 4) is 5.69 Å². The molecule has 202 valence electrons. The summed E-state index contributed by atoms with van der Waals surface area (Å²) in [6.45, 7) is 0.809. The van der Waals surface area contributed by atoms with Gasteiger partial charge in [0.1, 0.15) is 28.9 Å². The summed E-state index contributed by atoms with van der Waals surface area (Å²) in [5, 5.41) is 10.6. The Morgan fingerprint density at radius 3 is 2.58 bits per heavy atom. The molecule has 0 bridgehead atoms. The van der Waals surface area contributed by atoms with Crippen molar-refractivity contribution < 1.29 is 36.6 Å². The van der Waals surface area contributed by atoms with Gasteiger partial charge in [0, 0.05) is 18.7 Å². The molecule has 0 saturated carbocycles. The van der Waals surface area contributed by atoms with E-state index in [2.05, 4.69) is 4.98 Å². The average Bonchev–Trinajstić information content (AvgIpc) is 3.22. The number of carbonyl (C=O) groups is 2. The predicted molar refractivity (Wildman–Crippen MR) is 127 cm³/mol. The van der Waals surface area contributed by atoms with Gasteiger partial charge in [0.05, 0.1) is 23.1 Å². The van der Waals surface area contributed by atoms with Crippen LogP contribution in [0.5, 0.6) is 0 Å². The number of alkyl halides is 3. The molecule has 3 heterocycles. The number of benzene rings is 1. The van der Waals surface area contributed by atoms with E-state index in [4.69, 9.17) is 11.6 Å². The van der Waals surface area contributed by atoms with Crippen LogP contribution >= 0.6 is 11.6 Å². The second-order valence-electron chi connectivity index (χ2n) is 8.62. The predicted octanol–water partition coefficient (Wildman–Crippen LogP) is 3.88. The van der Waals surface area contributed by atoms with Gasteiger partial charge in [0.25, 0.3) is 5.91 Å². The number of halogens is 6. The zero-order valence-corrected chi connectivity index (χ0v) is 20.4. The molecule has 1 saturated heterocycles. The molecular weight excluding hydrogens is 539 g/mol. The minimum atomic E-state index is -4.80. The number of fused-ring (bicyclic) bond motifs is 1. The van der Waals surface area contributed by atoms with Crippen LogP contribution in [0, 0.1) is 11.6 Å². The lowest BCUT2D eigenvalue weighted by atomic mass is 10.1. The number of hydrogen-bond donors (Lipinski definition) is 2. The van der Waals surface area contributed by atoms with Crippen LogP contribution in [0.1, 0.15) is 36.5 Å². The van der Waals surface area contributed by atoms with Crippen molar-refractivity contribution in [2.75, 3.05) is 11.5 Å². The van der Waals surface area contributed by atoms with E-state index in [-0.39, 0.29) is 35.8 Å². The Morgan fingerprint density at radius 2 is 1.97 bits per heavy atom. The first kappa shape index (κ1) is 27.5. The number of anilines is 1. The smallest absolute Gasteiger partial charge is 0.394 e. The molecule has 14 heteroatoms. The summed E-state index contributed by atoms with van der Waals surface area (Å²) in [7, 11) is 0. The highest BCUT2D eigenvalue weighted by atomic mass is 35.5. The van der Waals surface area contributed by atoms with Gasteiger partial charge in [0.15, 0.2) is 11.5 Å². The summed E-state index contributed by atoms with van der Waals surface area (Å²) in [6.07, 6.45) is -4.10. The van der Waals surface area contributed by atoms with Crippen LogP contribution in [0.25, 0.3) is 16.7 Å². The molecule has 4 rings (SSSR count). The van der Waals surface area contributed by atoms with Crippen LogP contribution in [0.2, 0.25) is 5.02 Å². The molecule has 1 aliphatic rings. The number of rotatable bonds is 6. The van der Waals surface area contributed by atoms with Crippen LogP contribution in [-0.2, 0) is 4.79 Å². The molecule has 1 aromatic carbocycles. The van der Waals surface area contributed by atoms with Crippen LogP contribution < -0.4 is 15.6 Å². The van der Waals surface area contributed by atoms with Crippen molar-refractivity contribution in [1.82, 2.24) is 14.9 Å². The number of amides is 2. The summed E-state index contributed by atoms with van der Waals surface area (Å²) in [5.41, 5.74) is -2.64. The van der Waals surface area contributed by atoms with E-state index in [1.807, 2.05) is 0 Å². The van der Waals surface area contributed by atoms with Crippen molar-refractivity contribution in [1.29, 1.82) is 0 Å². The quantitative estimate of drug-likeness (QED) is 0.447. The number of aliphatic hydroxyl groups is 1. The first-order chi connectivity index (χ1) is 17.9. The summed E-state index contributed by atoms with van der Waals surface area (Å²) < 4.78 is 69.3. The van der Waals surface area contributed by atoms with E-state index < -0.39 is 63.9 Å². The number of hydrogen-bond acceptors (Lipinski definition) is 5. The fourth-order valence-corrected chi connectivity index (χ4v) is 4.59. The van der Waals surface area contributed by atoms with Crippen LogP contribution in [0.4, 0.5) is 27.8 Å². The number of aliphatic hydroxyl groups excluding tert-OH is 1. The third kappa shape index (κ3) is 4.95. The SMILES string of the molecule is CCC(NC(=O)c1cn(-c2c(F)cc(F)cc2Cl)c2nc(N3C(=O)CCC3CO)ccc2c1=O)C(F)(F)F. The monoisotopic (exact) mass is 558 g/mol. The van der Waals surface area contributed by atoms with Crippen LogP contribution in [0.15, 0.2) is 35.3 Å². The number of carbonyl (C=O) groups excluding carboxylic acids is 2. The van der Waals surface area contributed by atoms with Gasteiger partial charge in [0.2, 0.25) is 11.3 Å².